The maximum absolute atomic E-state index is 12.7. The fourth-order valence-corrected chi connectivity index (χ4v) is 4.72. The van der Waals surface area contributed by atoms with Gasteiger partial charge in [-0.3, -0.25) is 14.4 Å². The molecule has 11 heteroatoms. The van der Waals surface area contributed by atoms with Gasteiger partial charge < -0.3 is 19.1 Å². The van der Waals surface area contributed by atoms with Crippen LogP contribution in [-0.4, -0.2) is 70.6 Å². The van der Waals surface area contributed by atoms with Crippen LogP contribution < -0.4 is 9.46 Å². The number of rotatable bonds is 10. The molecule has 0 saturated carbocycles. The van der Waals surface area contributed by atoms with Crippen LogP contribution in [0, 0.1) is 11.8 Å². The molecule has 0 bridgehead atoms. The Labute approximate surface area is 194 Å². The van der Waals surface area contributed by atoms with E-state index in [0.29, 0.717) is 38.3 Å². The molecule has 33 heavy (non-hydrogen) atoms. The van der Waals surface area contributed by atoms with Crippen LogP contribution in [-0.2, 0) is 33.9 Å². The topological polar surface area (TPSA) is 128 Å². The average molecular weight is 485 g/mol. The Kier molecular flexibility index (Phi) is 9.66. The molecule has 1 unspecified atom stereocenters. The Bertz CT molecular complexity index is 922. The molecule has 1 amide bonds. The predicted octanol–water partition coefficient (Wildman–Crippen LogP) is 1.34. The number of piperidine rings is 1. The van der Waals surface area contributed by atoms with Crippen molar-refractivity contribution in [2.45, 2.75) is 44.6 Å². The van der Waals surface area contributed by atoms with Crippen LogP contribution in [0.5, 0.6) is 5.75 Å². The van der Waals surface area contributed by atoms with E-state index < -0.39 is 40.5 Å². The molecule has 1 saturated heterocycles. The minimum atomic E-state index is -4.00. The number of carbonyl (C=O) groups is 3. The van der Waals surface area contributed by atoms with E-state index in [-0.39, 0.29) is 16.8 Å². The maximum Gasteiger partial charge on any atom is 0.324 e. The van der Waals surface area contributed by atoms with Crippen molar-refractivity contribution in [1.29, 1.82) is 0 Å². The second-order valence-electron chi connectivity index (χ2n) is 8.03. The summed E-state index contributed by atoms with van der Waals surface area (Å²) in [6.07, 6.45) is 0.962. The van der Waals surface area contributed by atoms with Crippen molar-refractivity contribution in [2.24, 2.45) is 11.8 Å². The number of nitrogens with one attached hydrogen (secondary N) is 1. The normalized spacial score (nSPS) is 15.7. The van der Waals surface area contributed by atoms with Crippen LogP contribution in [0.15, 0.2) is 29.2 Å². The molecule has 1 N–H and O–H groups in total. The fraction of sp³-hybridized carbons (Fsp3) is 0.591. The van der Waals surface area contributed by atoms with Gasteiger partial charge in [-0.2, -0.15) is 4.72 Å². The minimum Gasteiger partial charge on any atom is -0.497 e. The van der Waals surface area contributed by atoms with Gasteiger partial charge in [-0.05, 0) is 49.9 Å². The summed E-state index contributed by atoms with van der Waals surface area (Å²) in [5.74, 6) is -1.66. The highest BCUT2D eigenvalue weighted by Gasteiger charge is 2.32. The summed E-state index contributed by atoms with van der Waals surface area (Å²) in [4.78, 5) is 38.4. The van der Waals surface area contributed by atoms with E-state index in [4.69, 9.17) is 14.2 Å². The van der Waals surface area contributed by atoms with Crippen molar-refractivity contribution >= 4 is 27.9 Å². The first-order valence-corrected chi connectivity index (χ1v) is 12.3. The first-order valence-electron chi connectivity index (χ1n) is 10.9. The highest BCUT2D eigenvalue weighted by molar-refractivity contribution is 7.89. The van der Waals surface area contributed by atoms with Gasteiger partial charge >= 0.3 is 11.9 Å². The lowest BCUT2D eigenvalue weighted by molar-refractivity contribution is -0.156. The standard InChI is InChI=1S/C22H32N2O8S/c1-5-31-21(26)16-10-12-24(13-11-16)19(25)14-32-22(27)20(15(2)3)23-33(28,29)18-8-6-17(30-4)7-9-18/h6-9,15-16,20,23H,5,10-14H2,1-4H3. The Balaban J connectivity index is 1.92. The van der Waals surface area contributed by atoms with E-state index in [0.717, 1.165) is 0 Å². The monoisotopic (exact) mass is 484 g/mol. The van der Waals surface area contributed by atoms with Crippen LogP contribution in [0.2, 0.25) is 0 Å². The van der Waals surface area contributed by atoms with E-state index >= 15 is 0 Å². The van der Waals surface area contributed by atoms with E-state index in [1.807, 2.05) is 0 Å². The highest BCUT2D eigenvalue weighted by atomic mass is 32.2. The zero-order valence-electron chi connectivity index (χ0n) is 19.4. The molecule has 1 heterocycles. The summed E-state index contributed by atoms with van der Waals surface area (Å²) in [5.41, 5.74) is 0. The molecular weight excluding hydrogens is 452 g/mol. The summed E-state index contributed by atoms with van der Waals surface area (Å²) < 4.78 is 42.9. The second kappa shape index (κ2) is 12.0. The predicted molar refractivity (Wildman–Crippen MR) is 119 cm³/mol. The number of esters is 2. The summed E-state index contributed by atoms with van der Waals surface area (Å²) in [7, 11) is -2.53. The van der Waals surface area contributed by atoms with Gasteiger partial charge in [0.15, 0.2) is 6.61 Å². The second-order valence-corrected chi connectivity index (χ2v) is 9.75. The van der Waals surface area contributed by atoms with Gasteiger partial charge in [0, 0.05) is 13.1 Å². The lowest BCUT2D eigenvalue weighted by Crippen LogP contribution is -2.47. The third kappa shape index (κ3) is 7.43. The molecule has 0 aromatic heterocycles. The molecule has 0 radical (unpaired) electrons. The van der Waals surface area contributed by atoms with Gasteiger partial charge in [0.25, 0.3) is 5.91 Å². The lowest BCUT2D eigenvalue weighted by atomic mass is 9.97. The zero-order chi connectivity index (χ0) is 24.6. The number of benzene rings is 1. The summed E-state index contributed by atoms with van der Waals surface area (Å²) >= 11 is 0. The molecule has 0 spiro atoms. The third-order valence-corrected chi connectivity index (χ3v) is 6.83. The molecule has 2 rings (SSSR count). The van der Waals surface area contributed by atoms with Gasteiger partial charge in [-0.15, -0.1) is 0 Å². The van der Waals surface area contributed by atoms with Gasteiger partial charge in [0.1, 0.15) is 11.8 Å². The fourth-order valence-electron chi connectivity index (χ4n) is 3.39. The van der Waals surface area contributed by atoms with Gasteiger partial charge in [-0.25, -0.2) is 8.42 Å². The number of methoxy groups -OCH3 is 1. The molecule has 184 valence electrons. The summed E-state index contributed by atoms with van der Waals surface area (Å²) in [6, 6.07) is 4.57. The molecule has 0 aliphatic carbocycles. The van der Waals surface area contributed by atoms with Crippen molar-refractivity contribution in [3.8, 4) is 5.75 Å². The van der Waals surface area contributed by atoms with Crippen molar-refractivity contribution in [2.75, 3.05) is 33.4 Å². The average Bonchev–Trinajstić information content (AvgIpc) is 2.81. The van der Waals surface area contributed by atoms with E-state index in [1.54, 1.807) is 20.8 Å². The van der Waals surface area contributed by atoms with E-state index in [1.165, 1.54) is 36.3 Å². The number of ether oxygens (including phenoxy) is 3. The number of hydrogen-bond acceptors (Lipinski definition) is 8. The molecule has 1 aromatic carbocycles. The van der Waals surface area contributed by atoms with Crippen LogP contribution in [0.4, 0.5) is 0 Å². The summed E-state index contributed by atoms with van der Waals surface area (Å²) in [5, 5.41) is 0. The van der Waals surface area contributed by atoms with Gasteiger partial charge in [0.05, 0.1) is 24.5 Å². The van der Waals surface area contributed by atoms with Crippen LogP contribution in [0.25, 0.3) is 0 Å². The van der Waals surface area contributed by atoms with E-state index in [9.17, 15) is 22.8 Å². The number of sulfonamides is 1. The van der Waals surface area contributed by atoms with Gasteiger partial charge in [-0.1, -0.05) is 13.8 Å². The zero-order valence-corrected chi connectivity index (χ0v) is 20.2. The number of amides is 1. The SMILES string of the molecule is CCOC(=O)C1CCN(C(=O)COC(=O)C(NS(=O)(=O)c2ccc(OC)cc2)C(C)C)CC1. The highest BCUT2D eigenvalue weighted by Crippen LogP contribution is 2.19. The van der Waals surface area contributed by atoms with E-state index in [2.05, 4.69) is 4.72 Å². The first-order chi connectivity index (χ1) is 15.6. The van der Waals surface area contributed by atoms with Crippen molar-refractivity contribution in [3.05, 3.63) is 24.3 Å². The van der Waals surface area contributed by atoms with Crippen molar-refractivity contribution < 1.29 is 37.0 Å². The lowest BCUT2D eigenvalue weighted by Gasteiger charge is -2.31. The first kappa shape index (κ1) is 26.6. The number of hydrogen-bond donors (Lipinski definition) is 1. The van der Waals surface area contributed by atoms with Crippen LogP contribution in [0.3, 0.4) is 0 Å². The maximum atomic E-state index is 12.7. The Morgan fingerprint density at radius 3 is 2.21 bits per heavy atom. The quantitative estimate of drug-likeness (QED) is 0.493. The molecule has 10 nitrogen and oxygen atoms in total. The minimum absolute atomic E-state index is 0.0257. The Hall–Kier alpha value is -2.66. The number of nitrogens with zero attached hydrogens (tertiary/aromatic N) is 1. The molecule has 1 aliphatic rings. The molecule has 1 atom stereocenters. The number of carbonyl (C=O) groups excluding carboxylic acids is 3. The molecular formula is C22H32N2O8S. The molecule has 1 aromatic rings. The van der Waals surface area contributed by atoms with Crippen LogP contribution in [0.1, 0.15) is 33.6 Å². The van der Waals surface area contributed by atoms with Crippen LogP contribution >= 0.6 is 0 Å². The van der Waals surface area contributed by atoms with Crippen molar-refractivity contribution in [3.63, 3.8) is 0 Å². The largest absolute Gasteiger partial charge is 0.497 e. The third-order valence-electron chi connectivity index (χ3n) is 5.38. The van der Waals surface area contributed by atoms with Gasteiger partial charge in [0.2, 0.25) is 10.0 Å². The summed E-state index contributed by atoms with van der Waals surface area (Å²) in [6.45, 7) is 5.61. The number of likely N-dealkylation sites (tertiary alicyclic amines) is 1. The Morgan fingerprint density at radius 2 is 1.70 bits per heavy atom. The van der Waals surface area contributed by atoms with Crippen molar-refractivity contribution in [1.82, 2.24) is 9.62 Å². The smallest absolute Gasteiger partial charge is 0.324 e. The molecule has 1 fully saturated rings. The molecule has 1 aliphatic heterocycles. The Morgan fingerprint density at radius 1 is 1.09 bits per heavy atom.